The first-order chi connectivity index (χ1) is 42.2. The number of anilines is 2. The molecule has 5 aromatic rings. The van der Waals surface area contributed by atoms with Crippen LogP contribution >= 0.6 is 11.6 Å². The number of carbonyl (C=O) groups excluding carboxylic acids is 2. The van der Waals surface area contributed by atoms with Gasteiger partial charge in [-0.25, -0.2) is 4.98 Å². The number of nitriles is 1. The van der Waals surface area contributed by atoms with Crippen molar-refractivity contribution in [2.24, 2.45) is 10.8 Å². The maximum Gasteiger partial charge on any atom is 0.251 e. The van der Waals surface area contributed by atoms with E-state index in [4.69, 9.17) is 83.4 Å². The fourth-order valence-corrected chi connectivity index (χ4v) is 11.3. The molecular weight excluding hydrogens is 1140 g/mol. The van der Waals surface area contributed by atoms with Crippen LogP contribution in [0.4, 0.5) is 11.8 Å². The highest BCUT2D eigenvalue weighted by atomic mass is 35.5. The van der Waals surface area contributed by atoms with Crippen LogP contribution < -0.4 is 29.9 Å². The summed E-state index contributed by atoms with van der Waals surface area (Å²) in [6.45, 7) is 24.0. The van der Waals surface area contributed by atoms with Crippen molar-refractivity contribution in [1.29, 1.82) is 5.26 Å². The van der Waals surface area contributed by atoms with E-state index in [0.29, 0.717) is 202 Å². The fraction of sp³-hybridized carbons (Fsp3) is 0.562. The lowest BCUT2D eigenvalue weighted by Crippen LogP contribution is -2.74. The first-order valence-corrected chi connectivity index (χ1v) is 30.4. The number of rotatable bonds is 36. The van der Waals surface area contributed by atoms with Crippen LogP contribution in [0.2, 0.25) is 5.02 Å². The number of hydrogen-bond donors (Lipinski definition) is 2. The zero-order chi connectivity index (χ0) is 61.4. The van der Waals surface area contributed by atoms with E-state index >= 15 is 0 Å². The molecule has 1 saturated carbocycles. The zero-order valence-corrected chi connectivity index (χ0v) is 51.8. The van der Waals surface area contributed by atoms with Crippen molar-refractivity contribution in [3.8, 4) is 28.8 Å². The summed E-state index contributed by atoms with van der Waals surface area (Å²) >= 11 is 6.23. The third kappa shape index (κ3) is 19.1. The Morgan fingerprint density at radius 2 is 1.16 bits per heavy atom. The number of fused-ring (bicyclic) bond motifs is 1. The van der Waals surface area contributed by atoms with E-state index in [2.05, 4.69) is 68.0 Å². The fourth-order valence-electron chi connectivity index (χ4n) is 11.1. The SMILES string of the molecule is CC1COCCN1c1nc(N2CCOC[C@H]2C)nc2nc(-c3cccc(C(=O)NCCOCCOCCOCCOCCOCCOCCOCCOCCOc4ccc(C(=O)NC5C(C)(C)C(Oc6ccc(C#N)c(Cl)c6)C5(C)C)cc4)c3)ccc12. The lowest BCUT2D eigenvalue weighted by Gasteiger charge is -2.63. The second-order valence-electron chi connectivity index (χ2n) is 22.6. The lowest BCUT2D eigenvalue weighted by atomic mass is 9.49. The van der Waals surface area contributed by atoms with Crippen molar-refractivity contribution in [2.45, 2.75) is 65.8 Å². The molecule has 2 N–H and O–H groups in total. The molecule has 0 radical (unpaired) electrons. The van der Waals surface area contributed by atoms with Gasteiger partial charge in [0.15, 0.2) is 5.65 Å². The highest BCUT2D eigenvalue weighted by molar-refractivity contribution is 6.31. The van der Waals surface area contributed by atoms with Crippen molar-refractivity contribution >= 4 is 46.2 Å². The molecule has 2 aromatic heterocycles. The number of nitrogens with one attached hydrogen (secondary N) is 2. The summed E-state index contributed by atoms with van der Waals surface area (Å²) in [5, 5.41) is 16.6. The van der Waals surface area contributed by atoms with Gasteiger partial charge in [-0.05, 0) is 74.5 Å². The van der Waals surface area contributed by atoms with Crippen molar-refractivity contribution in [2.75, 3.05) is 168 Å². The van der Waals surface area contributed by atoms with Gasteiger partial charge in [0.2, 0.25) is 5.95 Å². The monoisotopic (exact) mass is 1220 g/mol. The third-order valence-electron chi connectivity index (χ3n) is 15.4. The molecule has 2 saturated heterocycles. The van der Waals surface area contributed by atoms with Gasteiger partial charge in [-0.2, -0.15) is 15.2 Å². The molecule has 3 aromatic carbocycles. The molecule has 8 rings (SSSR count). The van der Waals surface area contributed by atoms with E-state index < -0.39 is 0 Å². The van der Waals surface area contributed by atoms with Crippen LogP contribution in [0.3, 0.4) is 0 Å². The minimum atomic E-state index is -0.371. The molecule has 1 aliphatic carbocycles. The van der Waals surface area contributed by atoms with Gasteiger partial charge in [0, 0.05) is 59.3 Å². The van der Waals surface area contributed by atoms with Crippen LogP contribution in [-0.2, 0) is 47.4 Å². The average Bonchev–Trinajstić information content (AvgIpc) is 0.750. The van der Waals surface area contributed by atoms with Crippen LogP contribution in [0.25, 0.3) is 22.3 Å². The van der Waals surface area contributed by atoms with Crippen LogP contribution in [0.15, 0.2) is 78.9 Å². The van der Waals surface area contributed by atoms with Gasteiger partial charge < -0.3 is 77.3 Å². The number of halogens is 1. The molecule has 3 aliphatic rings. The van der Waals surface area contributed by atoms with Crippen LogP contribution in [0.1, 0.15) is 67.8 Å². The molecule has 2 atom stereocenters. The predicted molar refractivity (Wildman–Crippen MR) is 328 cm³/mol. The second kappa shape index (κ2) is 33.9. The van der Waals surface area contributed by atoms with Gasteiger partial charge in [0.1, 0.15) is 36.1 Å². The van der Waals surface area contributed by atoms with Gasteiger partial charge in [-0.3, -0.25) is 9.59 Å². The Hall–Kier alpha value is -6.33. The number of pyridine rings is 1. The molecule has 472 valence electrons. The summed E-state index contributed by atoms with van der Waals surface area (Å²) < 4.78 is 68.4. The molecular formula is C64H85ClN8O14. The molecule has 2 aliphatic heterocycles. The van der Waals surface area contributed by atoms with Gasteiger partial charge in [-0.1, -0.05) is 51.4 Å². The first-order valence-electron chi connectivity index (χ1n) is 30.0. The minimum Gasteiger partial charge on any atom is -0.491 e. The smallest absolute Gasteiger partial charge is 0.251 e. The molecule has 1 unspecified atom stereocenters. The van der Waals surface area contributed by atoms with E-state index in [1.165, 1.54) is 0 Å². The van der Waals surface area contributed by atoms with E-state index in [9.17, 15) is 14.9 Å². The second-order valence-corrected chi connectivity index (χ2v) is 23.0. The molecule has 22 nitrogen and oxygen atoms in total. The summed E-state index contributed by atoms with van der Waals surface area (Å²) in [5.74, 6) is 2.32. The molecule has 4 heterocycles. The third-order valence-corrected chi connectivity index (χ3v) is 15.7. The summed E-state index contributed by atoms with van der Waals surface area (Å²) in [6, 6.07) is 25.7. The number of morpholine rings is 2. The maximum atomic E-state index is 13.3. The average molecular weight is 1230 g/mol. The Labute approximate surface area is 515 Å². The Kier molecular flexibility index (Phi) is 25.9. The summed E-state index contributed by atoms with van der Waals surface area (Å²) in [4.78, 5) is 46.0. The van der Waals surface area contributed by atoms with Crippen molar-refractivity contribution in [1.82, 2.24) is 25.6 Å². The number of benzene rings is 3. The Balaban J connectivity index is 0.568. The summed E-state index contributed by atoms with van der Waals surface area (Å²) in [7, 11) is 0. The molecule has 0 spiro atoms. The number of ether oxygens (including phenoxy) is 12. The van der Waals surface area contributed by atoms with E-state index in [1.54, 1.807) is 48.5 Å². The lowest BCUT2D eigenvalue weighted by molar-refractivity contribution is -0.164. The van der Waals surface area contributed by atoms with Gasteiger partial charge in [-0.15, -0.1) is 0 Å². The van der Waals surface area contributed by atoms with Crippen LogP contribution in [0, 0.1) is 22.2 Å². The van der Waals surface area contributed by atoms with Crippen molar-refractivity contribution in [3.05, 3.63) is 101 Å². The van der Waals surface area contributed by atoms with Gasteiger partial charge in [0.25, 0.3) is 11.8 Å². The number of hydrogen-bond acceptors (Lipinski definition) is 20. The van der Waals surface area contributed by atoms with Crippen molar-refractivity contribution < 1.29 is 66.4 Å². The maximum absolute atomic E-state index is 13.3. The molecule has 0 bridgehead atoms. The summed E-state index contributed by atoms with van der Waals surface area (Å²) in [5.41, 5.74) is 2.82. The molecule has 23 heteroatoms. The van der Waals surface area contributed by atoms with Crippen LogP contribution in [0.5, 0.6) is 11.5 Å². The highest BCUT2D eigenvalue weighted by Gasteiger charge is 2.64. The molecule has 87 heavy (non-hydrogen) atoms. The standard InChI is InChI=1S/C64H85ClN8O14/c1-45-43-84-22-19-72(45)57-53-16-17-55(68-56(53)69-62(70-57)73-20-23-85-44-46(73)2)48-8-7-9-49(40-48)58(74)67-18-21-76-24-25-77-26-27-78-28-29-79-30-31-80-32-33-81-34-35-82-36-37-83-38-39-86-51-13-10-47(11-14-51)59(75)71-60-63(3,4)61(64(60,5)6)87-52-15-12-50(42-66)54(65)41-52/h7-17,40-41,45-46,60-61H,18-39,43-44H2,1-6H3,(H,67,74)(H,71,75)/t45?,46-,60?,61?/m1/s1. The molecule has 2 amide bonds. The first kappa shape index (κ1) is 66.6. The Morgan fingerprint density at radius 3 is 1.71 bits per heavy atom. The quantitative estimate of drug-likeness (QED) is 0.0376. The highest BCUT2D eigenvalue weighted by Crippen LogP contribution is 2.55. The topological polar surface area (TPSA) is 238 Å². The van der Waals surface area contributed by atoms with E-state index in [1.807, 2.05) is 30.3 Å². The van der Waals surface area contributed by atoms with E-state index in [0.717, 1.165) is 23.3 Å². The largest absolute Gasteiger partial charge is 0.491 e. The predicted octanol–water partition coefficient (Wildman–Crippen LogP) is 7.22. The number of aromatic nitrogens is 3. The summed E-state index contributed by atoms with van der Waals surface area (Å²) in [6.07, 6.45) is -0.198. The Morgan fingerprint density at radius 1 is 0.621 bits per heavy atom. The van der Waals surface area contributed by atoms with Crippen molar-refractivity contribution in [3.63, 3.8) is 0 Å². The normalized spacial score (nSPS) is 18.9. The molecule has 3 fully saturated rings. The number of nitrogens with zero attached hydrogens (tertiary/aromatic N) is 6. The van der Waals surface area contributed by atoms with Gasteiger partial charge >= 0.3 is 0 Å². The Bertz CT molecular complexity index is 2990. The van der Waals surface area contributed by atoms with Gasteiger partial charge in [0.05, 0.1) is 166 Å². The minimum absolute atomic E-state index is 0.125. The van der Waals surface area contributed by atoms with Crippen LogP contribution in [-0.4, -0.2) is 209 Å². The number of carbonyl (C=O) groups is 2. The zero-order valence-electron chi connectivity index (χ0n) is 51.1. The number of amides is 2. The van der Waals surface area contributed by atoms with E-state index in [-0.39, 0.29) is 46.9 Å².